The highest BCUT2D eigenvalue weighted by Gasteiger charge is 2.40. The fraction of sp³-hybridized carbons (Fsp3) is 0.261. The van der Waals surface area contributed by atoms with Crippen LogP contribution in [0.2, 0.25) is 5.02 Å². The summed E-state index contributed by atoms with van der Waals surface area (Å²) in [5.74, 6) is -1.22. The first kappa shape index (κ1) is 23.7. The summed E-state index contributed by atoms with van der Waals surface area (Å²) in [7, 11) is 1.24. The molecule has 0 aliphatic rings. The lowest BCUT2D eigenvalue weighted by Crippen LogP contribution is -2.22. The van der Waals surface area contributed by atoms with Crippen molar-refractivity contribution in [1.29, 1.82) is 0 Å². The van der Waals surface area contributed by atoms with Crippen molar-refractivity contribution in [1.82, 2.24) is 19.3 Å². The summed E-state index contributed by atoms with van der Waals surface area (Å²) in [6.07, 6.45) is -4.88. The van der Waals surface area contributed by atoms with E-state index in [1.54, 1.807) is 10.6 Å². The van der Waals surface area contributed by atoms with Crippen molar-refractivity contribution in [3.05, 3.63) is 64.8 Å². The monoisotopic (exact) mass is 493 g/mol. The average Bonchev–Trinajstić information content (AvgIpc) is 3.27. The van der Waals surface area contributed by atoms with Gasteiger partial charge < -0.3 is 9.88 Å². The van der Waals surface area contributed by atoms with Crippen molar-refractivity contribution in [2.75, 3.05) is 5.32 Å². The van der Waals surface area contributed by atoms with Gasteiger partial charge in [-0.3, -0.25) is 9.48 Å². The minimum atomic E-state index is -4.88. The first-order chi connectivity index (χ1) is 16.0. The second-order valence-corrected chi connectivity index (χ2v) is 8.50. The molecule has 0 radical (unpaired) electrons. The van der Waals surface area contributed by atoms with Crippen LogP contribution >= 0.6 is 11.6 Å². The molecule has 1 N–H and O–H groups in total. The van der Waals surface area contributed by atoms with Gasteiger partial charge in [-0.05, 0) is 30.3 Å². The Bertz CT molecular complexity index is 1390. The molecule has 0 spiro atoms. The minimum Gasteiger partial charge on any atom is -0.318 e. The number of aromatic nitrogens is 4. The van der Waals surface area contributed by atoms with Gasteiger partial charge in [0.2, 0.25) is 5.91 Å². The zero-order valence-corrected chi connectivity index (χ0v) is 19.2. The van der Waals surface area contributed by atoms with E-state index in [9.17, 15) is 22.4 Å². The van der Waals surface area contributed by atoms with Gasteiger partial charge in [0.15, 0.2) is 5.69 Å². The summed E-state index contributed by atoms with van der Waals surface area (Å²) in [6, 6.07) is 10.6. The third kappa shape index (κ3) is 4.37. The third-order valence-electron chi connectivity index (χ3n) is 5.28. The molecule has 4 rings (SSSR count). The molecule has 34 heavy (non-hydrogen) atoms. The lowest BCUT2D eigenvalue weighted by molar-refractivity contribution is -0.141. The number of amides is 1. The topological polar surface area (TPSA) is 64.7 Å². The number of benzene rings is 2. The number of anilines is 1. The van der Waals surface area contributed by atoms with Gasteiger partial charge in [-0.25, -0.2) is 9.37 Å². The predicted molar refractivity (Wildman–Crippen MR) is 121 cm³/mol. The number of hydrogen-bond acceptors (Lipinski definition) is 3. The third-order valence-corrected chi connectivity index (χ3v) is 5.51. The van der Waals surface area contributed by atoms with Gasteiger partial charge >= 0.3 is 6.18 Å². The fourth-order valence-electron chi connectivity index (χ4n) is 3.83. The van der Waals surface area contributed by atoms with Crippen LogP contribution in [0.25, 0.3) is 22.2 Å². The van der Waals surface area contributed by atoms with Gasteiger partial charge in [0.1, 0.15) is 24.0 Å². The smallest absolute Gasteiger partial charge is 0.318 e. The number of nitrogens with one attached hydrogen (secondary N) is 1. The Morgan fingerprint density at radius 1 is 1.18 bits per heavy atom. The SMILES string of the molecule is CC(C)c1nc2ccccc2n1CC(=O)Nc1c(-c2ccc(Cl)cc2F)c(C(F)(F)F)nn1C. The van der Waals surface area contributed by atoms with E-state index in [-0.39, 0.29) is 28.9 Å². The van der Waals surface area contributed by atoms with E-state index in [1.165, 1.54) is 13.1 Å². The largest absolute Gasteiger partial charge is 0.435 e. The molecule has 2 aromatic heterocycles. The Labute approximate surface area is 197 Å². The van der Waals surface area contributed by atoms with Crippen LogP contribution in [-0.4, -0.2) is 25.2 Å². The van der Waals surface area contributed by atoms with E-state index >= 15 is 0 Å². The number of alkyl halides is 3. The fourth-order valence-corrected chi connectivity index (χ4v) is 3.99. The normalized spacial score (nSPS) is 12.0. The molecule has 0 atom stereocenters. The summed E-state index contributed by atoms with van der Waals surface area (Å²) < 4.78 is 58.5. The second kappa shape index (κ2) is 8.75. The maximum Gasteiger partial charge on any atom is 0.435 e. The van der Waals surface area contributed by atoms with E-state index in [1.807, 2.05) is 32.0 Å². The van der Waals surface area contributed by atoms with Gasteiger partial charge in [0, 0.05) is 23.6 Å². The van der Waals surface area contributed by atoms with Gasteiger partial charge in [-0.1, -0.05) is 37.6 Å². The molecule has 0 bridgehead atoms. The Morgan fingerprint density at radius 3 is 2.53 bits per heavy atom. The average molecular weight is 494 g/mol. The van der Waals surface area contributed by atoms with Crippen molar-refractivity contribution in [3.8, 4) is 11.1 Å². The van der Waals surface area contributed by atoms with E-state index < -0.39 is 29.2 Å². The first-order valence-electron chi connectivity index (χ1n) is 10.3. The maximum atomic E-state index is 14.6. The van der Waals surface area contributed by atoms with Crippen molar-refractivity contribution in [2.24, 2.45) is 7.05 Å². The van der Waals surface area contributed by atoms with Crippen molar-refractivity contribution >= 4 is 34.4 Å². The number of fused-ring (bicyclic) bond motifs is 1. The van der Waals surface area contributed by atoms with Crippen LogP contribution in [0.4, 0.5) is 23.4 Å². The predicted octanol–water partition coefficient (Wildman–Crippen LogP) is 6.01. The summed E-state index contributed by atoms with van der Waals surface area (Å²) in [5.41, 5.74) is -0.857. The molecule has 4 aromatic rings. The molecule has 0 fully saturated rings. The molecule has 0 aliphatic heterocycles. The van der Waals surface area contributed by atoms with Crippen LogP contribution in [0.3, 0.4) is 0 Å². The van der Waals surface area contributed by atoms with E-state index in [2.05, 4.69) is 15.4 Å². The van der Waals surface area contributed by atoms with Crippen molar-refractivity contribution in [3.63, 3.8) is 0 Å². The number of nitrogens with zero attached hydrogens (tertiary/aromatic N) is 4. The lowest BCUT2D eigenvalue weighted by atomic mass is 10.0. The van der Waals surface area contributed by atoms with Gasteiger partial charge in [0.25, 0.3) is 0 Å². The van der Waals surface area contributed by atoms with E-state index in [0.717, 1.165) is 16.8 Å². The molecule has 2 heterocycles. The number of halogens is 5. The van der Waals surface area contributed by atoms with Crippen molar-refractivity contribution < 1.29 is 22.4 Å². The van der Waals surface area contributed by atoms with Crippen LogP contribution in [0.15, 0.2) is 42.5 Å². The zero-order chi connectivity index (χ0) is 24.8. The molecule has 11 heteroatoms. The van der Waals surface area contributed by atoms with E-state index in [0.29, 0.717) is 16.9 Å². The number of para-hydroxylation sites is 2. The van der Waals surface area contributed by atoms with Crippen molar-refractivity contribution in [2.45, 2.75) is 32.5 Å². The molecule has 2 aromatic carbocycles. The summed E-state index contributed by atoms with van der Waals surface area (Å²) >= 11 is 5.77. The minimum absolute atomic E-state index is 0.00698. The Morgan fingerprint density at radius 2 is 1.88 bits per heavy atom. The molecular formula is C23H20ClF4N5O. The van der Waals surface area contributed by atoms with Crippen LogP contribution in [0.1, 0.15) is 31.3 Å². The van der Waals surface area contributed by atoms with Crippen LogP contribution < -0.4 is 5.32 Å². The molecule has 6 nitrogen and oxygen atoms in total. The zero-order valence-electron chi connectivity index (χ0n) is 18.4. The maximum absolute atomic E-state index is 14.6. The van der Waals surface area contributed by atoms with Gasteiger partial charge in [-0.15, -0.1) is 0 Å². The highest BCUT2D eigenvalue weighted by Crippen LogP contribution is 2.42. The van der Waals surface area contributed by atoms with Gasteiger partial charge in [0.05, 0.1) is 16.6 Å². The number of hydrogen-bond donors (Lipinski definition) is 1. The summed E-state index contributed by atoms with van der Waals surface area (Å²) in [4.78, 5) is 17.6. The summed E-state index contributed by atoms with van der Waals surface area (Å²) in [5, 5.41) is 6.05. The Hall–Kier alpha value is -3.40. The number of carbonyl (C=O) groups is 1. The standard InChI is InChI=1S/C23H20ClF4N5O/c1-12(2)21-29-16-6-4-5-7-17(16)33(21)11-18(34)30-22-19(14-9-8-13(24)10-15(14)25)20(23(26,27)28)31-32(22)3/h4-10,12H,11H2,1-3H3,(H,30,34). The number of rotatable bonds is 5. The number of aryl methyl sites for hydroxylation is 1. The molecule has 0 aliphatic carbocycles. The molecule has 0 unspecified atom stereocenters. The molecule has 178 valence electrons. The Kier molecular flexibility index (Phi) is 6.11. The second-order valence-electron chi connectivity index (χ2n) is 8.07. The highest BCUT2D eigenvalue weighted by atomic mass is 35.5. The number of imidazole rings is 1. The quantitative estimate of drug-likeness (QED) is 0.346. The first-order valence-corrected chi connectivity index (χ1v) is 10.7. The van der Waals surface area contributed by atoms with Gasteiger partial charge in [-0.2, -0.15) is 18.3 Å². The molecule has 0 saturated heterocycles. The highest BCUT2D eigenvalue weighted by molar-refractivity contribution is 6.30. The molecular weight excluding hydrogens is 474 g/mol. The molecule has 1 amide bonds. The lowest BCUT2D eigenvalue weighted by Gasteiger charge is -2.14. The Balaban J connectivity index is 1.77. The number of carbonyl (C=O) groups excluding carboxylic acids is 1. The summed E-state index contributed by atoms with van der Waals surface area (Å²) in [6.45, 7) is 3.64. The van der Waals surface area contributed by atoms with Crippen LogP contribution in [0.5, 0.6) is 0 Å². The van der Waals surface area contributed by atoms with E-state index in [4.69, 9.17) is 11.6 Å². The van der Waals surface area contributed by atoms with Crippen LogP contribution in [0, 0.1) is 5.82 Å². The molecule has 0 saturated carbocycles. The van der Waals surface area contributed by atoms with Crippen LogP contribution in [-0.2, 0) is 24.6 Å².